The molecule has 118 valence electrons. The Bertz CT molecular complexity index is 333. The molecule has 0 spiro atoms. The third-order valence-corrected chi connectivity index (χ3v) is 4.42. The molecular formula is C16H33N3O. The lowest BCUT2D eigenvalue weighted by atomic mass is 9.86. The molecular weight excluding hydrogens is 250 g/mol. The van der Waals surface area contributed by atoms with E-state index in [9.17, 15) is 4.79 Å². The Labute approximate surface area is 124 Å². The Hall–Kier alpha value is -0.610. The van der Waals surface area contributed by atoms with Gasteiger partial charge in [0, 0.05) is 18.6 Å². The summed E-state index contributed by atoms with van der Waals surface area (Å²) in [6, 6.07) is -0.460. The summed E-state index contributed by atoms with van der Waals surface area (Å²) in [5, 5.41) is 3.04. The first-order valence-corrected chi connectivity index (χ1v) is 7.82. The van der Waals surface area contributed by atoms with Gasteiger partial charge in [0.15, 0.2) is 0 Å². The van der Waals surface area contributed by atoms with Gasteiger partial charge in [0.25, 0.3) is 0 Å². The summed E-state index contributed by atoms with van der Waals surface area (Å²) in [5.41, 5.74) is 5.79. The van der Waals surface area contributed by atoms with E-state index in [4.69, 9.17) is 5.73 Å². The van der Waals surface area contributed by atoms with Crippen molar-refractivity contribution in [3.8, 4) is 0 Å². The summed E-state index contributed by atoms with van der Waals surface area (Å²) in [6.45, 7) is 15.6. The zero-order chi connectivity index (χ0) is 15.6. The number of carbonyl (C=O) groups is 1. The van der Waals surface area contributed by atoms with Crippen LogP contribution in [0, 0.1) is 11.3 Å². The Kier molecular flexibility index (Phi) is 5.61. The SMILES string of the molecule is CC1CCCN(C(C)(C)CNC(=O)[C@@H](N)C(C)(C)C)C1. The van der Waals surface area contributed by atoms with Gasteiger partial charge in [0.05, 0.1) is 6.04 Å². The van der Waals surface area contributed by atoms with Crippen molar-refractivity contribution < 1.29 is 4.79 Å². The summed E-state index contributed by atoms with van der Waals surface area (Å²) in [4.78, 5) is 14.6. The van der Waals surface area contributed by atoms with Crippen molar-refractivity contribution in [2.45, 2.75) is 66.0 Å². The zero-order valence-corrected chi connectivity index (χ0v) is 14.1. The quantitative estimate of drug-likeness (QED) is 0.829. The molecule has 0 aromatic rings. The molecule has 1 rings (SSSR count). The van der Waals surface area contributed by atoms with Gasteiger partial charge in [-0.05, 0) is 44.6 Å². The third kappa shape index (κ3) is 4.74. The van der Waals surface area contributed by atoms with Crippen LogP contribution in [0.2, 0.25) is 0 Å². The monoisotopic (exact) mass is 283 g/mol. The number of nitrogens with zero attached hydrogens (tertiary/aromatic N) is 1. The normalized spacial score (nSPS) is 23.4. The van der Waals surface area contributed by atoms with Crippen molar-refractivity contribution in [2.24, 2.45) is 17.1 Å². The maximum absolute atomic E-state index is 12.1. The first-order chi connectivity index (χ1) is 9.04. The van der Waals surface area contributed by atoms with Gasteiger partial charge < -0.3 is 11.1 Å². The number of rotatable bonds is 4. The van der Waals surface area contributed by atoms with Crippen LogP contribution in [-0.2, 0) is 4.79 Å². The summed E-state index contributed by atoms with van der Waals surface area (Å²) in [5.74, 6) is 0.700. The molecule has 1 fully saturated rings. The average molecular weight is 283 g/mol. The number of nitrogens with one attached hydrogen (secondary N) is 1. The smallest absolute Gasteiger partial charge is 0.237 e. The van der Waals surface area contributed by atoms with Gasteiger partial charge >= 0.3 is 0 Å². The lowest BCUT2D eigenvalue weighted by Gasteiger charge is -2.43. The maximum atomic E-state index is 12.1. The molecule has 1 aliphatic heterocycles. The molecule has 20 heavy (non-hydrogen) atoms. The molecule has 1 saturated heterocycles. The Morgan fingerprint density at radius 3 is 2.45 bits per heavy atom. The predicted molar refractivity (Wildman–Crippen MR) is 84.5 cm³/mol. The van der Waals surface area contributed by atoms with Crippen molar-refractivity contribution in [2.75, 3.05) is 19.6 Å². The van der Waals surface area contributed by atoms with Gasteiger partial charge in [0.2, 0.25) is 5.91 Å². The summed E-state index contributed by atoms with van der Waals surface area (Å²) in [7, 11) is 0. The van der Waals surface area contributed by atoms with Crippen molar-refractivity contribution in [3.63, 3.8) is 0 Å². The molecule has 0 aromatic carbocycles. The van der Waals surface area contributed by atoms with E-state index in [0.29, 0.717) is 6.54 Å². The molecule has 4 nitrogen and oxygen atoms in total. The molecule has 4 heteroatoms. The van der Waals surface area contributed by atoms with E-state index in [1.165, 1.54) is 12.8 Å². The lowest BCUT2D eigenvalue weighted by Crippen LogP contribution is -2.57. The minimum atomic E-state index is -0.460. The van der Waals surface area contributed by atoms with Crippen LogP contribution in [0.3, 0.4) is 0 Å². The van der Waals surface area contributed by atoms with Gasteiger partial charge in [-0.25, -0.2) is 0 Å². The summed E-state index contributed by atoms with van der Waals surface area (Å²) < 4.78 is 0. The van der Waals surface area contributed by atoms with Crippen LogP contribution in [0.1, 0.15) is 54.4 Å². The zero-order valence-electron chi connectivity index (χ0n) is 14.1. The fourth-order valence-electron chi connectivity index (χ4n) is 2.66. The van der Waals surface area contributed by atoms with Gasteiger partial charge in [-0.1, -0.05) is 27.7 Å². The second kappa shape index (κ2) is 6.44. The first kappa shape index (κ1) is 17.4. The van der Waals surface area contributed by atoms with Gasteiger partial charge in [0.1, 0.15) is 0 Å². The van der Waals surface area contributed by atoms with Gasteiger partial charge in [-0.2, -0.15) is 0 Å². The predicted octanol–water partition coefficient (Wildman–Crippen LogP) is 1.99. The Morgan fingerprint density at radius 1 is 1.35 bits per heavy atom. The molecule has 1 aliphatic rings. The fraction of sp³-hybridized carbons (Fsp3) is 0.938. The minimum absolute atomic E-state index is 0.0120. The van der Waals surface area contributed by atoms with Crippen LogP contribution in [-0.4, -0.2) is 42.0 Å². The molecule has 0 aliphatic carbocycles. The molecule has 1 amide bonds. The van der Waals surface area contributed by atoms with Crippen LogP contribution in [0.4, 0.5) is 0 Å². The topological polar surface area (TPSA) is 58.4 Å². The van der Waals surface area contributed by atoms with E-state index in [2.05, 4.69) is 31.0 Å². The van der Waals surface area contributed by atoms with E-state index in [1.807, 2.05) is 20.8 Å². The van der Waals surface area contributed by atoms with Crippen LogP contribution < -0.4 is 11.1 Å². The van der Waals surface area contributed by atoms with E-state index in [1.54, 1.807) is 0 Å². The van der Waals surface area contributed by atoms with E-state index >= 15 is 0 Å². The Morgan fingerprint density at radius 2 is 1.95 bits per heavy atom. The van der Waals surface area contributed by atoms with Crippen LogP contribution in [0.15, 0.2) is 0 Å². The van der Waals surface area contributed by atoms with Crippen LogP contribution >= 0.6 is 0 Å². The van der Waals surface area contributed by atoms with Crippen molar-refractivity contribution in [1.82, 2.24) is 10.2 Å². The van der Waals surface area contributed by atoms with Crippen LogP contribution in [0.25, 0.3) is 0 Å². The Balaban J connectivity index is 2.52. The van der Waals surface area contributed by atoms with Crippen molar-refractivity contribution in [3.05, 3.63) is 0 Å². The lowest BCUT2D eigenvalue weighted by molar-refractivity contribution is -0.125. The molecule has 0 radical (unpaired) electrons. The van der Waals surface area contributed by atoms with Crippen molar-refractivity contribution in [1.29, 1.82) is 0 Å². The number of carbonyl (C=O) groups excluding carboxylic acids is 1. The molecule has 0 saturated carbocycles. The molecule has 1 unspecified atom stereocenters. The number of amides is 1. The second-order valence-corrected chi connectivity index (χ2v) is 8.07. The highest BCUT2D eigenvalue weighted by molar-refractivity contribution is 5.82. The summed E-state index contributed by atoms with van der Waals surface area (Å²) >= 11 is 0. The second-order valence-electron chi connectivity index (χ2n) is 8.07. The van der Waals surface area contributed by atoms with E-state index in [-0.39, 0.29) is 16.9 Å². The number of nitrogens with two attached hydrogens (primary N) is 1. The summed E-state index contributed by atoms with van der Waals surface area (Å²) in [6.07, 6.45) is 2.56. The number of hydrogen-bond donors (Lipinski definition) is 2. The largest absolute Gasteiger partial charge is 0.353 e. The number of piperidine rings is 1. The van der Waals surface area contributed by atoms with E-state index < -0.39 is 6.04 Å². The van der Waals surface area contributed by atoms with Crippen molar-refractivity contribution >= 4 is 5.91 Å². The molecule has 1 heterocycles. The van der Waals surface area contributed by atoms with E-state index in [0.717, 1.165) is 19.0 Å². The number of hydrogen-bond acceptors (Lipinski definition) is 3. The highest BCUT2D eigenvalue weighted by Gasteiger charge is 2.32. The fourth-order valence-corrected chi connectivity index (χ4v) is 2.66. The van der Waals surface area contributed by atoms with Crippen LogP contribution in [0.5, 0.6) is 0 Å². The highest BCUT2D eigenvalue weighted by Crippen LogP contribution is 2.23. The molecule has 2 atom stereocenters. The average Bonchev–Trinajstić information content (AvgIpc) is 2.34. The standard InChI is InChI=1S/C16H33N3O/c1-12-8-7-9-19(10-12)16(5,6)11-18-14(20)13(17)15(2,3)4/h12-13H,7-11,17H2,1-6H3,(H,18,20)/t12?,13-/m1/s1. The highest BCUT2D eigenvalue weighted by atomic mass is 16.2. The van der Waals surface area contributed by atoms with Gasteiger partial charge in [-0.3, -0.25) is 9.69 Å². The number of likely N-dealkylation sites (tertiary alicyclic amines) is 1. The molecule has 0 aromatic heterocycles. The molecule has 0 bridgehead atoms. The third-order valence-electron chi connectivity index (χ3n) is 4.42. The van der Waals surface area contributed by atoms with Gasteiger partial charge in [-0.15, -0.1) is 0 Å². The molecule has 3 N–H and O–H groups in total. The first-order valence-electron chi connectivity index (χ1n) is 7.82. The minimum Gasteiger partial charge on any atom is -0.353 e. The maximum Gasteiger partial charge on any atom is 0.237 e.